The summed E-state index contributed by atoms with van der Waals surface area (Å²) in [5, 5.41) is 9.00. The van der Waals surface area contributed by atoms with Gasteiger partial charge < -0.3 is 9.47 Å². The third-order valence-corrected chi connectivity index (χ3v) is 5.81. The minimum atomic E-state index is -0.401. The van der Waals surface area contributed by atoms with Crippen LogP contribution in [0.5, 0.6) is 11.5 Å². The first-order valence-electron chi connectivity index (χ1n) is 10.9. The zero-order valence-corrected chi connectivity index (χ0v) is 19.4. The number of hydrazone groups is 1. The number of rotatable bonds is 7. The summed E-state index contributed by atoms with van der Waals surface area (Å²) >= 11 is 6.46. The van der Waals surface area contributed by atoms with Crippen molar-refractivity contribution in [2.24, 2.45) is 5.10 Å². The molecule has 0 saturated heterocycles. The minimum Gasteiger partial charge on any atom is -0.488 e. The lowest BCUT2D eigenvalue weighted by molar-refractivity contribution is -0.123. The monoisotopic (exact) mass is 484 g/mol. The molecule has 0 fully saturated rings. The number of ether oxygens (including phenoxy) is 2. The van der Waals surface area contributed by atoms with Crippen LogP contribution in [0.25, 0.3) is 22.0 Å². The molecular weight excluding hydrogens is 464 g/mol. The highest BCUT2D eigenvalue weighted by molar-refractivity contribution is 6.51. The van der Waals surface area contributed by atoms with Gasteiger partial charge in [-0.2, -0.15) is 10.2 Å². The fourth-order valence-electron chi connectivity index (χ4n) is 3.70. The summed E-state index contributed by atoms with van der Waals surface area (Å²) < 4.78 is 13.3. The second kappa shape index (κ2) is 10.3. The number of para-hydroxylation sites is 3. The second-order valence-corrected chi connectivity index (χ2v) is 8.04. The van der Waals surface area contributed by atoms with Gasteiger partial charge in [0, 0.05) is 16.7 Å². The SMILES string of the molecule is O=C(COc1ccccc1-c1ccnn1-c1ccccc1)N/N=C\C1=C(Cl)c2ccccc2OC1. The molecule has 2 heterocycles. The first-order valence-corrected chi connectivity index (χ1v) is 11.3. The average Bonchev–Trinajstić information content (AvgIpc) is 3.39. The number of hydrogen-bond donors (Lipinski definition) is 1. The molecule has 0 radical (unpaired) electrons. The van der Waals surface area contributed by atoms with Crippen LogP contribution in [0.1, 0.15) is 5.56 Å². The van der Waals surface area contributed by atoms with Gasteiger partial charge in [-0.25, -0.2) is 10.1 Å². The first kappa shape index (κ1) is 22.4. The largest absolute Gasteiger partial charge is 0.488 e. The number of fused-ring (bicyclic) bond motifs is 1. The van der Waals surface area contributed by atoms with Gasteiger partial charge >= 0.3 is 0 Å². The average molecular weight is 485 g/mol. The molecule has 35 heavy (non-hydrogen) atoms. The van der Waals surface area contributed by atoms with Crippen LogP contribution >= 0.6 is 11.6 Å². The summed E-state index contributed by atoms with van der Waals surface area (Å²) in [6.07, 6.45) is 3.22. The molecule has 1 aromatic heterocycles. The number of amides is 1. The second-order valence-electron chi connectivity index (χ2n) is 7.67. The van der Waals surface area contributed by atoms with Crippen molar-refractivity contribution in [3.63, 3.8) is 0 Å². The molecule has 0 unspecified atom stereocenters. The molecule has 4 aromatic rings. The number of carbonyl (C=O) groups excluding carboxylic acids is 1. The number of nitrogens with one attached hydrogen (secondary N) is 1. The van der Waals surface area contributed by atoms with Gasteiger partial charge in [-0.1, -0.05) is 54.1 Å². The van der Waals surface area contributed by atoms with Crippen LogP contribution in [0, 0.1) is 0 Å². The van der Waals surface area contributed by atoms with Gasteiger partial charge in [-0.05, 0) is 42.5 Å². The smallest absolute Gasteiger partial charge is 0.277 e. The van der Waals surface area contributed by atoms with Gasteiger partial charge in [0.05, 0.1) is 28.8 Å². The standard InChI is InChI=1S/C27H21ClN4O3/c28-27-19(17-34-25-13-7-5-11-22(25)27)16-29-31-26(33)18-35-24-12-6-4-10-21(24)23-14-15-30-32(23)20-8-2-1-3-9-20/h1-16H,17-18H2,(H,31,33)/b29-16-. The van der Waals surface area contributed by atoms with E-state index in [1.165, 1.54) is 6.21 Å². The molecule has 1 N–H and O–H groups in total. The summed E-state index contributed by atoms with van der Waals surface area (Å²) in [5.74, 6) is 0.883. The highest BCUT2D eigenvalue weighted by atomic mass is 35.5. The molecule has 0 spiro atoms. The van der Waals surface area contributed by atoms with Gasteiger partial charge in [-0.3, -0.25) is 4.79 Å². The van der Waals surface area contributed by atoms with Crippen LogP contribution in [-0.2, 0) is 4.79 Å². The van der Waals surface area contributed by atoms with Crippen LogP contribution in [-0.4, -0.2) is 35.1 Å². The van der Waals surface area contributed by atoms with E-state index in [0.29, 0.717) is 16.4 Å². The topological polar surface area (TPSA) is 77.7 Å². The molecule has 5 rings (SSSR count). The molecule has 1 amide bonds. The Balaban J connectivity index is 1.25. The Morgan fingerprint density at radius 2 is 1.77 bits per heavy atom. The molecule has 0 saturated carbocycles. The molecule has 8 heteroatoms. The number of aromatic nitrogens is 2. The van der Waals surface area contributed by atoms with Crippen molar-refractivity contribution in [1.29, 1.82) is 0 Å². The molecular formula is C27H21ClN4O3. The van der Waals surface area contributed by atoms with Crippen molar-refractivity contribution in [2.75, 3.05) is 13.2 Å². The lowest BCUT2D eigenvalue weighted by Gasteiger charge is -2.18. The zero-order valence-electron chi connectivity index (χ0n) is 18.6. The van der Waals surface area contributed by atoms with E-state index in [0.717, 1.165) is 28.3 Å². The van der Waals surface area contributed by atoms with Gasteiger partial charge in [0.15, 0.2) is 6.61 Å². The Kier molecular flexibility index (Phi) is 6.59. The Labute approximate surface area is 207 Å². The minimum absolute atomic E-state index is 0.208. The summed E-state index contributed by atoms with van der Waals surface area (Å²) in [7, 11) is 0. The lowest BCUT2D eigenvalue weighted by atomic mass is 10.1. The Morgan fingerprint density at radius 3 is 2.63 bits per heavy atom. The fraction of sp³-hybridized carbons (Fsp3) is 0.0741. The third kappa shape index (κ3) is 4.95. The van der Waals surface area contributed by atoms with Gasteiger partial charge in [0.2, 0.25) is 0 Å². The van der Waals surface area contributed by atoms with Crippen LogP contribution in [0.15, 0.2) is 102 Å². The van der Waals surface area contributed by atoms with Crippen LogP contribution in [0.3, 0.4) is 0 Å². The van der Waals surface area contributed by atoms with Crippen molar-refractivity contribution < 1.29 is 14.3 Å². The predicted octanol–water partition coefficient (Wildman–Crippen LogP) is 5.06. The lowest BCUT2D eigenvalue weighted by Crippen LogP contribution is -2.25. The molecule has 1 aliphatic rings. The molecule has 7 nitrogen and oxygen atoms in total. The van der Waals surface area contributed by atoms with E-state index >= 15 is 0 Å². The van der Waals surface area contributed by atoms with Crippen LogP contribution in [0.2, 0.25) is 0 Å². The third-order valence-electron chi connectivity index (χ3n) is 5.36. The highest BCUT2D eigenvalue weighted by Gasteiger charge is 2.17. The normalized spacial score (nSPS) is 12.8. The van der Waals surface area contributed by atoms with Gasteiger partial charge in [0.1, 0.15) is 18.1 Å². The zero-order chi connectivity index (χ0) is 24.0. The number of benzene rings is 3. The first-order chi connectivity index (χ1) is 17.2. The maximum absolute atomic E-state index is 12.4. The van der Waals surface area contributed by atoms with Gasteiger partial charge in [-0.15, -0.1) is 0 Å². The Hall–Kier alpha value is -4.36. The summed E-state index contributed by atoms with van der Waals surface area (Å²) in [4.78, 5) is 12.4. The Morgan fingerprint density at radius 1 is 1.03 bits per heavy atom. The quantitative estimate of drug-likeness (QED) is 0.294. The molecule has 0 atom stereocenters. The predicted molar refractivity (Wildman–Crippen MR) is 136 cm³/mol. The van der Waals surface area contributed by atoms with Crippen molar-refractivity contribution in [2.45, 2.75) is 0 Å². The molecule has 3 aromatic carbocycles. The van der Waals surface area contributed by atoms with E-state index < -0.39 is 5.91 Å². The molecule has 1 aliphatic heterocycles. The van der Waals surface area contributed by atoms with E-state index in [4.69, 9.17) is 21.1 Å². The fourth-order valence-corrected chi connectivity index (χ4v) is 3.96. The molecule has 174 valence electrons. The summed E-state index contributed by atoms with van der Waals surface area (Å²) in [6.45, 7) is 0.0636. The van der Waals surface area contributed by atoms with Crippen LogP contribution < -0.4 is 14.9 Å². The summed E-state index contributed by atoms with van der Waals surface area (Å²) in [6, 6.07) is 26.7. The van der Waals surface area contributed by atoms with Crippen molar-refractivity contribution in [3.8, 4) is 28.4 Å². The highest BCUT2D eigenvalue weighted by Crippen LogP contribution is 2.34. The Bertz CT molecular complexity index is 1410. The maximum Gasteiger partial charge on any atom is 0.277 e. The number of halogens is 1. The molecule has 0 bridgehead atoms. The van der Waals surface area contributed by atoms with Crippen LogP contribution in [0.4, 0.5) is 0 Å². The van der Waals surface area contributed by atoms with Crippen molar-refractivity contribution in [3.05, 3.63) is 102 Å². The maximum atomic E-state index is 12.4. The van der Waals surface area contributed by atoms with E-state index in [-0.39, 0.29) is 13.2 Å². The number of hydrogen-bond acceptors (Lipinski definition) is 5. The van der Waals surface area contributed by atoms with E-state index in [9.17, 15) is 4.79 Å². The number of nitrogens with zero attached hydrogens (tertiary/aromatic N) is 3. The van der Waals surface area contributed by atoms with E-state index in [1.807, 2.05) is 89.6 Å². The summed E-state index contributed by atoms with van der Waals surface area (Å²) in [5.41, 5.74) is 6.54. The van der Waals surface area contributed by atoms with Gasteiger partial charge in [0.25, 0.3) is 5.91 Å². The molecule has 0 aliphatic carbocycles. The van der Waals surface area contributed by atoms with E-state index in [2.05, 4.69) is 15.6 Å². The number of carbonyl (C=O) groups is 1. The van der Waals surface area contributed by atoms with Crippen molar-refractivity contribution >= 4 is 28.8 Å². The van der Waals surface area contributed by atoms with E-state index in [1.54, 1.807) is 6.20 Å². The van der Waals surface area contributed by atoms with Crippen molar-refractivity contribution in [1.82, 2.24) is 15.2 Å².